The number of hydrogen-bond donors (Lipinski definition) is 8. The number of carbonyl (C=O) groups excluding carboxylic acids is 11. The number of amides is 12. The van der Waals surface area contributed by atoms with Crippen LogP contribution in [0, 0.1) is 41.4 Å². The second-order valence-electron chi connectivity index (χ2n) is 30.5. The molecule has 12 amide bonds. The van der Waals surface area contributed by atoms with Crippen LogP contribution in [0.25, 0.3) is 0 Å². The summed E-state index contributed by atoms with van der Waals surface area (Å²) in [6, 6.07) is 16.4. The Hall–Kier alpha value is -9.02. The highest BCUT2D eigenvalue weighted by Gasteiger charge is 2.45. The molecule has 2 aliphatic rings. The van der Waals surface area contributed by atoms with E-state index in [0.717, 1.165) is 17.5 Å². The molecule has 2 aliphatic heterocycles. The van der Waals surface area contributed by atoms with Crippen molar-refractivity contribution in [3.05, 3.63) is 95.6 Å². The van der Waals surface area contributed by atoms with Crippen LogP contribution >= 0.6 is 0 Å². The van der Waals surface area contributed by atoms with Crippen molar-refractivity contribution < 1.29 is 76.9 Å². The summed E-state index contributed by atoms with van der Waals surface area (Å²) in [6.45, 7) is 22.0. The lowest BCUT2D eigenvalue weighted by molar-refractivity contribution is -0.148. The second-order valence-corrected chi connectivity index (χ2v) is 30.5. The lowest BCUT2D eigenvalue weighted by Crippen LogP contribution is -2.60. The molecule has 2 heterocycles. The number of carbonyl (C=O) groups is 12. The number of rotatable bonds is 45. The Kier molecular flexibility index (Phi) is 37.1. The summed E-state index contributed by atoms with van der Waals surface area (Å²) < 4.78 is 17.7. The minimum Gasteiger partial charge on any atom is -0.480 e. The van der Waals surface area contributed by atoms with Crippen LogP contribution in [-0.4, -0.2) is 212 Å². The monoisotopic (exact) mass is 1520 g/mol. The molecule has 0 aliphatic carbocycles. The maximum absolute atomic E-state index is 14.9. The molecule has 0 spiro atoms. The zero-order valence-corrected chi connectivity index (χ0v) is 67.1. The number of likely N-dealkylation sites (tertiary alicyclic amines) is 2. The Morgan fingerprint density at radius 2 is 1.32 bits per heavy atom. The van der Waals surface area contributed by atoms with Gasteiger partial charge in [-0.05, 0) is 123 Å². The lowest BCUT2D eigenvalue weighted by Gasteiger charge is -2.41. The normalized spacial score (nSPS) is 17.5. The summed E-state index contributed by atoms with van der Waals surface area (Å²) in [4.78, 5) is 169. The van der Waals surface area contributed by atoms with E-state index in [1.165, 1.54) is 24.0 Å². The summed E-state index contributed by atoms with van der Waals surface area (Å²) in [7, 11) is 8.13. The number of primary amides is 1. The SMILES string of the molecule is CCC(C)C1CC(=O)N(CCCCCC(=O)N[C@H](C(=O)N[C@@H](CCCNC(N)=O)C(=O)Nc2ccc(COC(=O)N(C)c3ccc(CCN(C)[C@H](C(=O)N[C@H](C(=O)N(C)[C@@H]([C@@H](C)CC)[C@@H](CC(=O)N4CCC[C@H]4[C@H](OC)[C@@H](C)C(=O)N[C@@H](Cc4ccccc4)C(=O)O)OC)C(C)C)C(C)C)cc3)cc2)C(C)C)C1=O. The smallest absolute Gasteiger partial charge is 0.414 e. The molecule has 28 nitrogen and oxygen atoms in total. The predicted molar refractivity (Wildman–Crippen MR) is 416 cm³/mol. The fourth-order valence-corrected chi connectivity index (χ4v) is 14.5. The predicted octanol–water partition coefficient (Wildman–Crippen LogP) is 7.83. The van der Waals surface area contributed by atoms with Gasteiger partial charge in [0.2, 0.25) is 53.2 Å². The zero-order chi connectivity index (χ0) is 80.9. The highest BCUT2D eigenvalue weighted by atomic mass is 16.6. The van der Waals surface area contributed by atoms with E-state index in [0.29, 0.717) is 81.5 Å². The van der Waals surface area contributed by atoms with Crippen molar-refractivity contribution in [3.8, 4) is 0 Å². The Bertz CT molecular complexity index is 3490. The van der Waals surface area contributed by atoms with E-state index >= 15 is 0 Å². The van der Waals surface area contributed by atoms with E-state index in [2.05, 4.69) is 31.9 Å². The maximum Gasteiger partial charge on any atom is 0.414 e. The van der Waals surface area contributed by atoms with Gasteiger partial charge in [-0.2, -0.15) is 0 Å². The fourth-order valence-electron chi connectivity index (χ4n) is 14.5. The molecule has 2 saturated heterocycles. The number of carboxylic acid groups (broad SMARTS) is 1. The average Bonchev–Trinajstić information content (AvgIpc) is 1.67. The van der Waals surface area contributed by atoms with Crippen molar-refractivity contribution in [2.75, 3.05) is 71.8 Å². The van der Waals surface area contributed by atoms with E-state index in [-0.39, 0.29) is 123 Å². The summed E-state index contributed by atoms with van der Waals surface area (Å²) in [5.74, 6) is -6.34. The molecule has 28 heteroatoms. The molecule has 604 valence electrons. The minimum atomic E-state index is -1.18. The number of carboxylic acids is 1. The minimum absolute atomic E-state index is 0.0866. The number of nitrogens with zero attached hydrogens (tertiary/aromatic N) is 5. The molecule has 0 radical (unpaired) electrons. The van der Waals surface area contributed by atoms with Gasteiger partial charge in [0, 0.05) is 91.0 Å². The molecule has 2 fully saturated rings. The van der Waals surface area contributed by atoms with E-state index in [1.807, 2.05) is 85.5 Å². The first-order valence-electron chi connectivity index (χ1n) is 38.7. The third-order valence-corrected chi connectivity index (χ3v) is 21.5. The molecule has 2 unspecified atom stereocenters. The number of imide groups is 1. The molecule has 0 aromatic heterocycles. The first-order chi connectivity index (χ1) is 51.7. The third-order valence-electron chi connectivity index (χ3n) is 21.5. The van der Waals surface area contributed by atoms with E-state index in [1.54, 1.807) is 105 Å². The number of nitrogens with two attached hydrogens (primary N) is 1. The first kappa shape index (κ1) is 90.6. The van der Waals surface area contributed by atoms with Gasteiger partial charge < -0.3 is 66.8 Å². The number of urea groups is 1. The third kappa shape index (κ3) is 26.9. The Morgan fingerprint density at radius 1 is 0.679 bits per heavy atom. The van der Waals surface area contributed by atoms with Crippen LogP contribution in [0.2, 0.25) is 0 Å². The van der Waals surface area contributed by atoms with Gasteiger partial charge in [-0.3, -0.25) is 57.9 Å². The molecule has 3 aromatic rings. The molecule has 9 N–H and O–H groups in total. The van der Waals surface area contributed by atoms with Crippen LogP contribution in [0.3, 0.4) is 0 Å². The van der Waals surface area contributed by atoms with Gasteiger partial charge in [0.1, 0.15) is 30.8 Å². The van der Waals surface area contributed by atoms with Crippen molar-refractivity contribution in [2.45, 2.75) is 227 Å². The summed E-state index contributed by atoms with van der Waals surface area (Å²) in [6.07, 6.45) is 3.40. The Labute approximate surface area is 644 Å². The number of unbranched alkanes of at least 4 members (excludes halogenated alkanes) is 2. The number of methoxy groups -OCH3 is 2. The van der Waals surface area contributed by atoms with Crippen molar-refractivity contribution in [1.29, 1.82) is 0 Å². The maximum atomic E-state index is 14.9. The molecule has 13 atom stereocenters. The lowest BCUT2D eigenvalue weighted by atomic mass is 9.89. The van der Waals surface area contributed by atoms with Crippen LogP contribution in [0.5, 0.6) is 0 Å². The second kappa shape index (κ2) is 44.6. The largest absolute Gasteiger partial charge is 0.480 e. The highest BCUT2D eigenvalue weighted by Crippen LogP contribution is 2.32. The van der Waals surface area contributed by atoms with Crippen LogP contribution in [-0.2, 0) is 81.6 Å². The molecule has 5 rings (SSSR count). The molecule has 0 bridgehead atoms. The summed E-state index contributed by atoms with van der Waals surface area (Å²) in [5.41, 5.74) is 8.53. The molecular formula is C81H124N12O16. The number of anilines is 2. The van der Waals surface area contributed by atoms with Crippen LogP contribution in [0.1, 0.15) is 170 Å². The Morgan fingerprint density at radius 3 is 1.91 bits per heavy atom. The van der Waals surface area contributed by atoms with Crippen LogP contribution in [0.4, 0.5) is 21.0 Å². The number of nitrogens with one attached hydrogen (secondary N) is 6. The number of hydrogen-bond acceptors (Lipinski definition) is 16. The molecule has 0 saturated carbocycles. The van der Waals surface area contributed by atoms with E-state index < -0.39 is 96.2 Å². The Balaban J connectivity index is 1.12. The summed E-state index contributed by atoms with van der Waals surface area (Å²) >= 11 is 0. The standard InChI is InChI=1S/C81H124N12O16/c1-17-52(9)60-46-66(95)93(77(60)101)42-24-20-23-31-65(94)87-68(49(3)4)75(99)85-61(29-25-41-83-80(82)105)74(98)84-58-36-32-57(33-37-58)48-109-81(106)90(13)59-38-34-55(35-39-59)40-44-89(12)70(51(7)8)76(100)88-69(50(5)6)78(102)91(14)71(53(10)18-2)64(107-15)47-67(96)92-43-26-30-63(92)72(108-16)54(11)73(97)86-62(79(103)104)45-56-27-21-19-22-28-56/h19,21-22,27-28,32-39,49-54,60-64,68-72H,17-18,20,23-26,29-31,40-48H2,1-16H3,(H,84,98)(H,85,99)(H,86,97)(H,87,94)(H,88,100)(H,103,104)(H3,82,83,105)/t52?,53-,54+,60?,61-,62-,63-,64+,68-,69-,70-,71-,72+/m0/s1. The number of benzene rings is 3. The summed E-state index contributed by atoms with van der Waals surface area (Å²) in [5, 5.41) is 26.8. The van der Waals surface area contributed by atoms with Crippen molar-refractivity contribution in [3.63, 3.8) is 0 Å². The highest BCUT2D eigenvalue weighted by molar-refractivity contribution is 6.04. The van der Waals surface area contributed by atoms with Crippen molar-refractivity contribution in [2.24, 2.45) is 47.2 Å². The van der Waals surface area contributed by atoms with Crippen molar-refractivity contribution >= 4 is 82.6 Å². The van der Waals surface area contributed by atoms with Gasteiger partial charge in [0.25, 0.3) is 0 Å². The van der Waals surface area contributed by atoms with Gasteiger partial charge in [0.15, 0.2) is 0 Å². The number of likely N-dealkylation sites (N-methyl/N-ethyl adjacent to an activating group) is 2. The van der Waals surface area contributed by atoms with Gasteiger partial charge in [-0.1, -0.05) is 150 Å². The number of ether oxygens (including phenoxy) is 3. The van der Waals surface area contributed by atoms with Gasteiger partial charge in [-0.15, -0.1) is 0 Å². The molecular weight excluding hydrogens is 1400 g/mol. The number of aliphatic carboxylic acids is 1. The van der Waals surface area contributed by atoms with Gasteiger partial charge >= 0.3 is 18.1 Å². The van der Waals surface area contributed by atoms with Crippen LogP contribution in [0.15, 0.2) is 78.9 Å². The van der Waals surface area contributed by atoms with Crippen molar-refractivity contribution in [1.82, 2.24) is 46.2 Å². The topological polar surface area (TPSA) is 367 Å². The molecule has 109 heavy (non-hydrogen) atoms. The first-order valence-corrected chi connectivity index (χ1v) is 38.7. The van der Waals surface area contributed by atoms with Gasteiger partial charge in [-0.25, -0.2) is 14.4 Å². The zero-order valence-electron chi connectivity index (χ0n) is 67.1. The van der Waals surface area contributed by atoms with Gasteiger partial charge in [0.05, 0.1) is 42.7 Å². The molecule has 3 aromatic carbocycles. The average molecular weight is 1520 g/mol. The quantitative estimate of drug-likeness (QED) is 0.0197. The van der Waals surface area contributed by atoms with E-state index in [9.17, 15) is 62.6 Å². The fraction of sp³-hybridized carbons (Fsp3) is 0.630. The van der Waals surface area contributed by atoms with E-state index in [4.69, 9.17) is 19.9 Å². The van der Waals surface area contributed by atoms with Crippen LogP contribution < -0.4 is 42.5 Å².